The van der Waals surface area contributed by atoms with Crippen molar-refractivity contribution in [2.45, 2.75) is 57.3 Å². The average molecular weight is 353 g/mol. The molecule has 1 aromatic carbocycles. The topological polar surface area (TPSA) is 59.2 Å². The first-order valence-corrected chi connectivity index (χ1v) is 9.86. The Hall–Kier alpha value is -2.17. The van der Waals surface area contributed by atoms with E-state index >= 15 is 0 Å². The van der Waals surface area contributed by atoms with Crippen molar-refractivity contribution in [2.24, 2.45) is 5.92 Å². The average Bonchev–Trinajstić information content (AvgIpc) is 3.35. The molecule has 2 aliphatic rings. The minimum absolute atomic E-state index is 0.0164. The molecule has 1 aliphatic carbocycles. The number of hydrogen-bond donors (Lipinski definition) is 0. The lowest BCUT2D eigenvalue weighted by molar-refractivity contribution is -0.135. The van der Waals surface area contributed by atoms with Crippen LogP contribution in [0.1, 0.15) is 67.6 Å². The Bertz CT molecular complexity index is 729. The maximum atomic E-state index is 13.4. The summed E-state index contributed by atoms with van der Waals surface area (Å²) in [4.78, 5) is 19.8. The predicted molar refractivity (Wildman–Crippen MR) is 98.7 cm³/mol. The summed E-state index contributed by atoms with van der Waals surface area (Å²) in [5, 5.41) is 4.07. The molecule has 26 heavy (non-hydrogen) atoms. The molecule has 2 fully saturated rings. The minimum Gasteiger partial charge on any atom is -0.342 e. The Morgan fingerprint density at radius 2 is 1.81 bits per heavy atom. The lowest BCUT2D eigenvalue weighted by Crippen LogP contribution is -2.42. The second-order valence-electron chi connectivity index (χ2n) is 7.70. The summed E-state index contributed by atoms with van der Waals surface area (Å²) >= 11 is 0. The smallest absolute Gasteiger partial charge is 0.230 e. The van der Waals surface area contributed by atoms with Gasteiger partial charge in [0.15, 0.2) is 5.82 Å². The maximum absolute atomic E-state index is 13.4. The van der Waals surface area contributed by atoms with Crippen LogP contribution < -0.4 is 0 Å². The molecule has 1 aromatic heterocycles. The number of benzene rings is 1. The third-order valence-corrected chi connectivity index (χ3v) is 6.01. The van der Waals surface area contributed by atoms with Gasteiger partial charge in [-0.25, -0.2) is 0 Å². The zero-order valence-electron chi connectivity index (χ0n) is 15.4. The number of likely N-dealkylation sites (tertiary alicyclic amines) is 1. The van der Waals surface area contributed by atoms with E-state index in [4.69, 9.17) is 4.52 Å². The van der Waals surface area contributed by atoms with Gasteiger partial charge in [0.1, 0.15) is 0 Å². The van der Waals surface area contributed by atoms with E-state index in [0.29, 0.717) is 23.6 Å². The van der Waals surface area contributed by atoms with Gasteiger partial charge < -0.3 is 9.42 Å². The predicted octanol–water partition coefficient (Wildman–Crippen LogP) is 4.06. The monoisotopic (exact) mass is 353 g/mol. The van der Waals surface area contributed by atoms with E-state index in [2.05, 4.69) is 39.3 Å². The van der Waals surface area contributed by atoms with Gasteiger partial charge in [-0.3, -0.25) is 4.79 Å². The Morgan fingerprint density at radius 1 is 1.12 bits per heavy atom. The van der Waals surface area contributed by atoms with E-state index in [9.17, 15) is 4.79 Å². The van der Waals surface area contributed by atoms with Crippen LogP contribution in [0.3, 0.4) is 0 Å². The molecule has 0 bridgehead atoms. The second kappa shape index (κ2) is 7.60. The zero-order valence-corrected chi connectivity index (χ0v) is 15.4. The molecule has 2 heterocycles. The van der Waals surface area contributed by atoms with Crippen LogP contribution >= 0.6 is 0 Å². The lowest BCUT2D eigenvalue weighted by Gasteiger charge is -2.35. The van der Waals surface area contributed by atoms with Gasteiger partial charge in [-0.1, -0.05) is 48.3 Å². The maximum Gasteiger partial charge on any atom is 0.230 e. The normalized spacial score (nSPS) is 20.4. The van der Waals surface area contributed by atoms with Gasteiger partial charge in [-0.05, 0) is 37.2 Å². The fourth-order valence-electron chi connectivity index (χ4n) is 4.60. The molecule has 0 radical (unpaired) electrons. The van der Waals surface area contributed by atoms with Gasteiger partial charge in [0.05, 0.1) is 5.92 Å². The van der Waals surface area contributed by atoms with Gasteiger partial charge in [0.25, 0.3) is 0 Å². The van der Waals surface area contributed by atoms with Crippen LogP contribution in [-0.4, -0.2) is 34.0 Å². The molecule has 0 spiro atoms. The lowest BCUT2D eigenvalue weighted by atomic mass is 9.83. The van der Waals surface area contributed by atoms with Crippen LogP contribution in [0.5, 0.6) is 0 Å². The van der Waals surface area contributed by atoms with E-state index in [0.717, 1.165) is 31.8 Å². The number of piperidine rings is 1. The van der Waals surface area contributed by atoms with E-state index in [1.54, 1.807) is 0 Å². The van der Waals surface area contributed by atoms with Gasteiger partial charge in [-0.15, -0.1) is 0 Å². The summed E-state index contributed by atoms with van der Waals surface area (Å²) in [6, 6.07) is 10.4. The fourth-order valence-corrected chi connectivity index (χ4v) is 4.60. The molecule has 2 aromatic rings. The van der Waals surface area contributed by atoms with Crippen molar-refractivity contribution in [1.82, 2.24) is 15.0 Å². The van der Waals surface area contributed by atoms with Crippen molar-refractivity contribution >= 4 is 5.91 Å². The van der Waals surface area contributed by atoms with Gasteiger partial charge in [0, 0.05) is 25.9 Å². The molecule has 1 aliphatic heterocycles. The van der Waals surface area contributed by atoms with Crippen molar-refractivity contribution in [3.8, 4) is 0 Å². The van der Waals surface area contributed by atoms with Gasteiger partial charge >= 0.3 is 0 Å². The summed E-state index contributed by atoms with van der Waals surface area (Å²) in [5.74, 6) is 2.53. The first-order chi connectivity index (χ1) is 12.7. The Kier molecular flexibility index (Phi) is 5.05. The van der Waals surface area contributed by atoms with Crippen LogP contribution in [0.2, 0.25) is 0 Å². The number of aromatic nitrogens is 2. The standard InChI is InChI=1S/C21H27N3O2/c1-15-22-20(23-26-15)18-11-13-24(14-12-18)21(25)19(17-9-5-6-10-17)16-7-3-2-4-8-16/h2-4,7-8,17-19H,5-6,9-14H2,1H3/t19-/m1/s1. The number of hydrogen-bond acceptors (Lipinski definition) is 4. The first kappa shape index (κ1) is 17.3. The summed E-state index contributed by atoms with van der Waals surface area (Å²) < 4.78 is 5.11. The van der Waals surface area contributed by atoms with Crippen LogP contribution in [0.15, 0.2) is 34.9 Å². The molecule has 0 unspecified atom stereocenters. The summed E-state index contributed by atoms with van der Waals surface area (Å²) in [7, 11) is 0. The van der Waals surface area contributed by atoms with Crippen molar-refractivity contribution < 1.29 is 9.32 Å². The van der Waals surface area contributed by atoms with Crippen LogP contribution in [0.25, 0.3) is 0 Å². The molecule has 1 saturated heterocycles. The molecule has 1 saturated carbocycles. The third kappa shape index (κ3) is 3.53. The molecule has 4 rings (SSSR count). The number of nitrogens with zero attached hydrogens (tertiary/aromatic N) is 3. The summed E-state index contributed by atoms with van der Waals surface area (Å²) in [6.07, 6.45) is 6.67. The highest BCUT2D eigenvalue weighted by atomic mass is 16.5. The molecule has 0 N–H and O–H groups in total. The highest BCUT2D eigenvalue weighted by Gasteiger charge is 2.36. The molecule has 5 heteroatoms. The molecule has 1 amide bonds. The first-order valence-electron chi connectivity index (χ1n) is 9.86. The highest BCUT2D eigenvalue weighted by Crippen LogP contribution is 2.39. The van der Waals surface area contributed by atoms with Crippen molar-refractivity contribution in [1.29, 1.82) is 0 Å². The molecule has 5 nitrogen and oxygen atoms in total. The van der Waals surface area contributed by atoms with Gasteiger partial charge in [-0.2, -0.15) is 4.98 Å². The van der Waals surface area contributed by atoms with Crippen LogP contribution in [0, 0.1) is 12.8 Å². The number of amides is 1. The van der Waals surface area contributed by atoms with E-state index in [1.807, 2.05) is 13.0 Å². The van der Waals surface area contributed by atoms with E-state index in [-0.39, 0.29) is 5.92 Å². The summed E-state index contributed by atoms with van der Waals surface area (Å²) in [5.41, 5.74) is 1.18. The Morgan fingerprint density at radius 3 is 2.42 bits per heavy atom. The van der Waals surface area contributed by atoms with Gasteiger partial charge in [0.2, 0.25) is 11.8 Å². The molecular formula is C21H27N3O2. The quantitative estimate of drug-likeness (QED) is 0.832. The van der Waals surface area contributed by atoms with Crippen molar-refractivity contribution in [3.05, 3.63) is 47.6 Å². The van der Waals surface area contributed by atoms with Crippen molar-refractivity contribution in [3.63, 3.8) is 0 Å². The van der Waals surface area contributed by atoms with E-state index < -0.39 is 0 Å². The number of rotatable bonds is 4. The number of carbonyl (C=O) groups is 1. The molecular weight excluding hydrogens is 326 g/mol. The largest absolute Gasteiger partial charge is 0.342 e. The Labute approximate surface area is 154 Å². The number of aryl methyl sites for hydroxylation is 1. The van der Waals surface area contributed by atoms with Crippen LogP contribution in [-0.2, 0) is 4.79 Å². The molecule has 1 atom stereocenters. The summed E-state index contributed by atoms with van der Waals surface area (Å²) in [6.45, 7) is 3.39. The molecule has 138 valence electrons. The second-order valence-corrected chi connectivity index (χ2v) is 7.70. The fraction of sp³-hybridized carbons (Fsp3) is 0.571. The van der Waals surface area contributed by atoms with Crippen LogP contribution in [0.4, 0.5) is 0 Å². The highest BCUT2D eigenvalue weighted by molar-refractivity contribution is 5.84. The SMILES string of the molecule is Cc1nc(C2CCN(C(=O)[C@H](c3ccccc3)C3CCCC3)CC2)no1. The Balaban J connectivity index is 1.46. The third-order valence-electron chi connectivity index (χ3n) is 6.01. The minimum atomic E-state index is 0.0164. The van der Waals surface area contributed by atoms with E-state index in [1.165, 1.54) is 31.2 Å². The number of carbonyl (C=O) groups excluding carboxylic acids is 1. The zero-order chi connectivity index (χ0) is 17.9. The van der Waals surface area contributed by atoms with Crippen molar-refractivity contribution in [2.75, 3.05) is 13.1 Å².